The van der Waals surface area contributed by atoms with Crippen molar-refractivity contribution in [3.8, 4) is 0 Å². The molecule has 0 bridgehead atoms. The number of carbonyl (C=O) groups excluding carboxylic acids is 2. The molecule has 0 unspecified atom stereocenters. The first-order chi connectivity index (χ1) is 9.97. The molecular weight excluding hydrogens is 292 g/mol. The van der Waals surface area contributed by atoms with Crippen molar-refractivity contribution in [3.05, 3.63) is 5.82 Å². The van der Waals surface area contributed by atoms with Gasteiger partial charge in [-0.25, -0.2) is 9.47 Å². The van der Waals surface area contributed by atoms with Crippen LogP contribution < -0.4 is 16.5 Å². The summed E-state index contributed by atoms with van der Waals surface area (Å²) < 4.78 is 1.43. The lowest BCUT2D eigenvalue weighted by atomic mass is 10.2. The van der Waals surface area contributed by atoms with Gasteiger partial charge in [0.1, 0.15) is 0 Å². The number of hydrogen-bond donors (Lipinski definition) is 3. The zero-order valence-corrected chi connectivity index (χ0v) is 12.9. The number of hydrogen-bond acceptors (Lipinski definition) is 6. The molecule has 1 aliphatic rings. The number of thioether (sulfide) groups is 1. The molecule has 1 fully saturated rings. The molecule has 1 aliphatic carbocycles. The Bertz CT molecular complexity index is 526. The smallest absolute Gasteiger partial charge is 0.321 e. The molecule has 1 aromatic rings. The highest BCUT2D eigenvalue weighted by Gasteiger charge is 2.30. The average Bonchev–Trinajstić information content (AvgIpc) is 3.19. The Labute approximate surface area is 127 Å². The first-order valence-electron chi connectivity index (χ1n) is 6.88. The zero-order chi connectivity index (χ0) is 15.4. The van der Waals surface area contributed by atoms with Gasteiger partial charge in [-0.3, -0.25) is 10.1 Å². The fraction of sp³-hybridized carbons (Fsp3) is 0.667. The van der Waals surface area contributed by atoms with Crippen LogP contribution in [0.25, 0.3) is 0 Å². The average molecular weight is 312 g/mol. The third kappa shape index (κ3) is 4.62. The summed E-state index contributed by atoms with van der Waals surface area (Å²) in [5.74, 6) is 7.03. The molecule has 0 spiro atoms. The maximum absolute atomic E-state index is 11.6. The van der Waals surface area contributed by atoms with Crippen molar-refractivity contribution < 1.29 is 9.59 Å². The van der Waals surface area contributed by atoms with Crippen molar-refractivity contribution >= 4 is 23.7 Å². The number of urea groups is 1. The molecule has 8 nitrogen and oxygen atoms in total. The molecule has 116 valence electrons. The summed E-state index contributed by atoms with van der Waals surface area (Å²) in [6, 6.07) is -0.484. The number of amides is 3. The Morgan fingerprint density at radius 2 is 2.14 bits per heavy atom. The number of nitrogens with one attached hydrogen (secondary N) is 2. The molecule has 1 heterocycles. The van der Waals surface area contributed by atoms with Crippen LogP contribution in [0.3, 0.4) is 0 Å². The second-order valence-electron chi connectivity index (χ2n) is 5.43. The number of carbonyl (C=O) groups is 2. The van der Waals surface area contributed by atoms with Gasteiger partial charge in [-0.15, -0.1) is 10.2 Å². The first kappa shape index (κ1) is 15.6. The lowest BCUT2D eigenvalue weighted by Crippen LogP contribution is -2.41. The van der Waals surface area contributed by atoms with Gasteiger partial charge in [-0.05, 0) is 18.8 Å². The SMILES string of the molecule is CC(C)CNC(=O)NC(=O)CSc1nnc(C2CC2)n1N. The van der Waals surface area contributed by atoms with E-state index >= 15 is 0 Å². The van der Waals surface area contributed by atoms with Crippen LogP contribution in [-0.2, 0) is 4.79 Å². The van der Waals surface area contributed by atoms with Crippen molar-refractivity contribution in [1.29, 1.82) is 0 Å². The zero-order valence-electron chi connectivity index (χ0n) is 12.1. The minimum Gasteiger partial charge on any atom is -0.338 e. The predicted molar refractivity (Wildman–Crippen MR) is 79.3 cm³/mol. The Morgan fingerprint density at radius 3 is 2.76 bits per heavy atom. The van der Waals surface area contributed by atoms with Crippen molar-refractivity contribution in [2.24, 2.45) is 5.92 Å². The van der Waals surface area contributed by atoms with E-state index in [1.54, 1.807) is 0 Å². The van der Waals surface area contributed by atoms with E-state index in [0.29, 0.717) is 23.5 Å². The van der Waals surface area contributed by atoms with Gasteiger partial charge in [0, 0.05) is 12.5 Å². The molecule has 0 saturated heterocycles. The van der Waals surface area contributed by atoms with Gasteiger partial charge >= 0.3 is 6.03 Å². The normalized spacial score (nSPS) is 14.2. The van der Waals surface area contributed by atoms with E-state index < -0.39 is 11.9 Å². The van der Waals surface area contributed by atoms with Crippen molar-refractivity contribution in [2.45, 2.75) is 37.8 Å². The maximum Gasteiger partial charge on any atom is 0.321 e. The Morgan fingerprint density at radius 1 is 1.43 bits per heavy atom. The lowest BCUT2D eigenvalue weighted by Gasteiger charge is -2.08. The van der Waals surface area contributed by atoms with Gasteiger partial charge in [0.25, 0.3) is 0 Å². The van der Waals surface area contributed by atoms with Gasteiger partial charge in [0.05, 0.1) is 5.75 Å². The number of nitrogens with two attached hydrogens (primary N) is 1. The number of nitrogen functional groups attached to an aromatic ring is 1. The number of nitrogens with zero attached hydrogens (tertiary/aromatic N) is 3. The molecule has 3 amide bonds. The fourth-order valence-electron chi connectivity index (χ4n) is 1.64. The summed E-state index contributed by atoms with van der Waals surface area (Å²) in [4.78, 5) is 23.1. The molecule has 1 saturated carbocycles. The van der Waals surface area contributed by atoms with E-state index in [2.05, 4.69) is 20.8 Å². The first-order valence-corrected chi connectivity index (χ1v) is 7.86. The molecule has 9 heteroatoms. The van der Waals surface area contributed by atoms with Crippen molar-refractivity contribution in [1.82, 2.24) is 25.5 Å². The van der Waals surface area contributed by atoms with Crippen LogP contribution in [0.15, 0.2) is 5.16 Å². The maximum atomic E-state index is 11.6. The van der Waals surface area contributed by atoms with E-state index in [1.807, 2.05) is 13.8 Å². The summed E-state index contributed by atoms with van der Waals surface area (Å²) in [6.45, 7) is 4.47. The number of imide groups is 1. The highest BCUT2D eigenvalue weighted by molar-refractivity contribution is 7.99. The van der Waals surface area contributed by atoms with Crippen LogP contribution in [0.1, 0.15) is 38.4 Å². The van der Waals surface area contributed by atoms with Gasteiger partial charge in [-0.1, -0.05) is 25.6 Å². The fourth-order valence-corrected chi connectivity index (χ4v) is 2.30. The van der Waals surface area contributed by atoms with E-state index in [4.69, 9.17) is 5.84 Å². The Balaban J connectivity index is 1.74. The molecule has 4 N–H and O–H groups in total. The van der Waals surface area contributed by atoms with Crippen LogP contribution in [0.2, 0.25) is 0 Å². The Kier molecular flexibility index (Phi) is 5.05. The van der Waals surface area contributed by atoms with Gasteiger partial charge < -0.3 is 11.2 Å². The van der Waals surface area contributed by atoms with Gasteiger partial charge in [0.2, 0.25) is 11.1 Å². The summed E-state index contributed by atoms with van der Waals surface area (Å²) in [5, 5.41) is 13.3. The number of rotatable bonds is 6. The van der Waals surface area contributed by atoms with E-state index in [9.17, 15) is 9.59 Å². The van der Waals surface area contributed by atoms with Crippen LogP contribution in [-0.4, -0.2) is 39.1 Å². The van der Waals surface area contributed by atoms with E-state index in [-0.39, 0.29) is 5.75 Å². The van der Waals surface area contributed by atoms with Crippen molar-refractivity contribution in [3.63, 3.8) is 0 Å². The topological polar surface area (TPSA) is 115 Å². The monoisotopic (exact) mass is 312 g/mol. The second-order valence-corrected chi connectivity index (χ2v) is 6.37. The molecule has 0 aromatic carbocycles. The minimum absolute atomic E-state index is 0.0646. The highest BCUT2D eigenvalue weighted by Crippen LogP contribution is 2.39. The molecule has 0 radical (unpaired) electrons. The van der Waals surface area contributed by atoms with E-state index in [0.717, 1.165) is 30.4 Å². The lowest BCUT2D eigenvalue weighted by molar-refractivity contribution is -0.117. The van der Waals surface area contributed by atoms with Gasteiger partial charge in [-0.2, -0.15) is 0 Å². The molecule has 0 aliphatic heterocycles. The summed E-state index contributed by atoms with van der Waals surface area (Å²) in [5.41, 5.74) is 0. The predicted octanol–water partition coefficient (Wildman–Crippen LogP) is 0.443. The third-order valence-electron chi connectivity index (χ3n) is 2.89. The van der Waals surface area contributed by atoms with Crippen molar-refractivity contribution in [2.75, 3.05) is 18.1 Å². The molecule has 1 aromatic heterocycles. The summed E-state index contributed by atoms with van der Waals surface area (Å²) in [7, 11) is 0. The van der Waals surface area contributed by atoms with Crippen LogP contribution >= 0.6 is 11.8 Å². The molecule has 0 atom stereocenters. The summed E-state index contributed by atoms with van der Waals surface area (Å²) >= 11 is 1.16. The second kappa shape index (κ2) is 6.79. The number of aromatic nitrogens is 3. The largest absolute Gasteiger partial charge is 0.338 e. The minimum atomic E-state index is -0.484. The van der Waals surface area contributed by atoms with Crippen LogP contribution in [0, 0.1) is 5.92 Å². The van der Waals surface area contributed by atoms with E-state index in [1.165, 1.54) is 4.68 Å². The quantitative estimate of drug-likeness (QED) is 0.519. The molecular formula is C12H20N6O2S. The highest BCUT2D eigenvalue weighted by atomic mass is 32.2. The standard InChI is InChI=1S/C12H20N6O2S/c1-7(2)5-14-11(20)15-9(19)6-21-12-17-16-10(18(12)13)8-3-4-8/h7-8H,3-6,13H2,1-2H3,(H2,14,15,19,20). The molecule has 21 heavy (non-hydrogen) atoms. The van der Waals surface area contributed by atoms with Crippen LogP contribution in [0.5, 0.6) is 0 Å². The van der Waals surface area contributed by atoms with Crippen LogP contribution in [0.4, 0.5) is 4.79 Å². The Hall–Kier alpha value is -1.77. The third-order valence-corrected chi connectivity index (χ3v) is 3.83. The van der Waals surface area contributed by atoms with Gasteiger partial charge in [0.15, 0.2) is 5.82 Å². The molecule has 2 rings (SSSR count). The summed E-state index contributed by atoms with van der Waals surface area (Å²) in [6.07, 6.45) is 2.16.